The average molecular weight is 423 g/mol. The topological polar surface area (TPSA) is 98.3 Å². The van der Waals surface area contributed by atoms with Gasteiger partial charge in [0, 0.05) is 17.8 Å². The number of aromatic nitrogens is 2. The third kappa shape index (κ3) is 3.75. The van der Waals surface area contributed by atoms with Gasteiger partial charge in [0.15, 0.2) is 11.5 Å². The normalized spacial score (nSPS) is 29.3. The van der Waals surface area contributed by atoms with Crippen molar-refractivity contribution in [2.45, 2.75) is 70.5 Å². The maximum atomic E-state index is 13.3. The smallest absolute Gasteiger partial charge is 0.269 e. The quantitative estimate of drug-likeness (QED) is 0.742. The number of piperidine rings is 1. The van der Waals surface area contributed by atoms with Crippen molar-refractivity contribution < 1.29 is 14.4 Å². The number of benzene rings is 1. The fraction of sp³-hybridized carbons (Fsp3) is 0.583. The van der Waals surface area contributed by atoms with Crippen molar-refractivity contribution in [2.75, 3.05) is 0 Å². The number of primary amides is 1. The van der Waals surface area contributed by atoms with Gasteiger partial charge < -0.3 is 10.6 Å². The molecule has 0 bridgehead atoms. The standard InChI is InChI=1S/C24H30N4O3/c1-14-6-7-15(10-14)8-9-21(29)20-12-16-11-19(16)28(20)22(30)13-27-18-5-3-2-4-17(18)23(26-27)24(25)31/h2-5,14-16,19-20H,6-13H2,1H3,(H2,25,31)/t14?,15?,16-,19-,20+/m1/s1. The van der Waals surface area contributed by atoms with Crippen LogP contribution < -0.4 is 5.73 Å². The highest BCUT2D eigenvalue weighted by atomic mass is 16.2. The Kier molecular flexibility index (Phi) is 5.07. The Hall–Kier alpha value is -2.70. The number of rotatable bonds is 7. The molecule has 3 fully saturated rings. The largest absolute Gasteiger partial charge is 0.364 e. The van der Waals surface area contributed by atoms with Gasteiger partial charge in [0.2, 0.25) is 5.91 Å². The summed E-state index contributed by atoms with van der Waals surface area (Å²) in [6.45, 7) is 2.30. The van der Waals surface area contributed by atoms with Crippen LogP contribution in [-0.4, -0.2) is 44.4 Å². The van der Waals surface area contributed by atoms with Crippen LogP contribution in [0.3, 0.4) is 0 Å². The Morgan fingerprint density at radius 3 is 2.68 bits per heavy atom. The van der Waals surface area contributed by atoms with Gasteiger partial charge in [-0.1, -0.05) is 38.0 Å². The number of hydrogen-bond donors (Lipinski definition) is 1. The second-order valence-electron chi connectivity index (χ2n) is 9.79. The number of carbonyl (C=O) groups is 3. The first-order valence-electron chi connectivity index (χ1n) is 11.5. The Balaban J connectivity index is 1.30. The lowest BCUT2D eigenvalue weighted by atomic mass is 9.95. The molecular weight excluding hydrogens is 392 g/mol. The third-order valence-corrected chi connectivity index (χ3v) is 7.54. The van der Waals surface area contributed by atoms with Crippen LogP contribution in [0.4, 0.5) is 0 Å². The van der Waals surface area contributed by atoms with Gasteiger partial charge in [-0.3, -0.25) is 19.1 Å². The minimum absolute atomic E-state index is 0.0148. The Bertz CT molecular complexity index is 1040. The molecule has 1 aliphatic heterocycles. The predicted molar refractivity (Wildman–Crippen MR) is 116 cm³/mol. The van der Waals surface area contributed by atoms with Gasteiger partial charge in [-0.2, -0.15) is 5.10 Å². The van der Waals surface area contributed by atoms with Gasteiger partial charge in [-0.05, 0) is 49.5 Å². The number of amides is 2. The molecule has 2 aromatic rings. The minimum atomic E-state index is -0.611. The van der Waals surface area contributed by atoms with E-state index in [9.17, 15) is 14.4 Å². The molecule has 5 atom stereocenters. The number of nitrogens with zero attached hydrogens (tertiary/aromatic N) is 3. The summed E-state index contributed by atoms with van der Waals surface area (Å²) in [5.41, 5.74) is 6.35. The molecular formula is C24H30N4O3. The summed E-state index contributed by atoms with van der Waals surface area (Å²) >= 11 is 0. The second-order valence-corrected chi connectivity index (χ2v) is 9.79. The third-order valence-electron chi connectivity index (χ3n) is 7.54. The van der Waals surface area contributed by atoms with E-state index < -0.39 is 5.91 Å². The molecule has 2 saturated carbocycles. The van der Waals surface area contributed by atoms with Gasteiger partial charge >= 0.3 is 0 Å². The number of fused-ring (bicyclic) bond motifs is 2. The number of nitrogens with two attached hydrogens (primary N) is 1. The first-order valence-corrected chi connectivity index (χ1v) is 11.5. The Morgan fingerprint density at radius 1 is 1.13 bits per heavy atom. The SMILES string of the molecule is CC1CCC(CCC(=O)[C@@H]2C[C@H]3C[C@H]3N2C(=O)Cn2nc(C(N)=O)c3ccccc32)C1. The van der Waals surface area contributed by atoms with Gasteiger partial charge in [0.05, 0.1) is 11.6 Å². The van der Waals surface area contributed by atoms with Crippen molar-refractivity contribution in [3.8, 4) is 0 Å². The van der Waals surface area contributed by atoms with E-state index in [1.807, 2.05) is 23.1 Å². The molecule has 5 rings (SSSR count). The minimum Gasteiger partial charge on any atom is -0.364 e. The first-order chi connectivity index (χ1) is 14.9. The summed E-state index contributed by atoms with van der Waals surface area (Å²) in [6.07, 6.45) is 7.01. The molecule has 0 radical (unpaired) electrons. The van der Waals surface area contributed by atoms with Gasteiger partial charge in [-0.15, -0.1) is 0 Å². The molecule has 2 amide bonds. The van der Waals surface area contributed by atoms with E-state index in [1.54, 1.807) is 10.7 Å². The van der Waals surface area contributed by atoms with E-state index in [-0.39, 0.29) is 36.0 Å². The Labute approximate surface area is 181 Å². The molecule has 2 N–H and O–H groups in total. The van der Waals surface area contributed by atoms with Crippen LogP contribution in [0.2, 0.25) is 0 Å². The number of Topliss-reactive ketones (excluding diaryl/α,β-unsaturated/α-hetero) is 1. The van der Waals surface area contributed by atoms with Crippen LogP contribution in [0.1, 0.15) is 62.4 Å². The van der Waals surface area contributed by atoms with Crippen LogP contribution in [0.5, 0.6) is 0 Å². The van der Waals surface area contributed by atoms with E-state index in [0.29, 0.717) is 29.2 Å². The molecule has 2 unspecified atom stereocenters. The number of hydrogen-bond acceptors (Lipinski definition) is 4. The highest BCUT2D eigenvalue weighted by Crippen LogP contribution is 2.48. The van der Waals surface area contributed by atoms with Crippen molar-refractivity contribution in [1.82, 2.24) is 14.7 Å². The number of likely N-dealkylation sites (tertiary alicyclic amines) is 1. The highest BCUT2D eigenvalue weighted by molar-refractivity contribution is 6.04. The van der Waals surface area contributed by atoms with Crippen molar-refractivity contribution in [1.29, 1.82) is 0 Å². The lowest BCUT2D eigenvalue weighted by Crippen LogP contribution is -2.44. The van der Waals surface area contributed by atoms with Gasteiger partial charge in [0.1, 0.15) is 6.54 Å². The van der Waals surface area contributed by atoms with Crippen LogP contribution in [-0.2, 0) is 16.1 Å². The van der Waals surface area contributed by atoms with Crippen molar-refractivity contribution >= 4 is 28.5 Å². The molecule has 31 heavy (non-hydrogen) atoms. The molecule has 7 nitrogen and oxygen atoms in total. The molecule has 164 valence electrons. The maximum absolute atomic E-state index is 13.3. The predicted octanol–water partition coefficient (Wildman–Crippen LogP) is 2.91. The zero-order valence-electron chi connectivity index (χ0n) is 18.0. The number of para-hydroxylation sites is 1. The zero-order chi connectivity index (χ0) is 21.7. The maximum Gasteiger partial charge on any atom is 0.269 e. The molecule has 1 saturated heterocycles. The van der Waals surface area contributed by atoms with E-state index >= 15 is 0 Å². The van der Waals surface area contributed by atoms with Crippen LogP contribution in [0.15, 0.2) is 24.3 Å². The fourth-order valence-corrected chi connectivity index (χ4v) is 5.84. The molecule has 0 spiro atoms. The summed E-state index contributed by atoms with van der Waals surface area (Å²) in [5.74, 6) is 1.39. The summed E-state index contributed by atoms with van der Waals surface area (Å²) in [6, 6.07) is 7.16. The fourth-order valence-electron chi connectivity index (χ4n) is 5.84. The summed E-state index contributed by atoms with van der Waals surface area (Å²) in [7, 11) is 0. The molecule has 3 aliphatic rings. The Morgan fingerprint density at radius 2 is 1.94 bits per heavy atom. The van der Waals surface area contributed by atoms with E-state index in [2.05, 4.69) is 12.0 Å². The summed E-state index contributed by atoms with van der Waals surface area (Å²) in [4.78, 5) is 39.9. The monoisotopic (exact) mass is 422 g/mol. The van der Waals surface area contributed by atoms with Crippen molar-refractivity contribution in [3.05, 3.63) is 30.0 Å². The lowest BCUT2D eigenvalue weighted by molar-refractivity contribution is -0.139. The van der Waals surface area contributed by atoms with Gasteiger partial charge in [-0.25, -0.2) is 0 Å². The first kappa shape index (κ1) is 20.2. The molecule has 1 aromatic heterocycles. The second kappa shape index (κ2) is 7.77. The van der Waals surface area contributed by atoms with Crippen molar-refractivity contribution in [3.63, 3.8) is 0 Å². The highest BCUT2D eigenvalue weighted by Gasteiger charge is 2.55. The summed E-state index contributed by atoms with van der Waals surface area (Å²) in [5, 5.41) is 4.96. The van der Waals surface area contributed by atoms with Crippen LogP contribution in [0, 0.1) is 17.8 Å². The number of ketones is 1. The average Bonchev–Trinajstić information content (AvgIpc) is 3.08. The van der Waals surface area contributed by atoms with Crippen LogP contribution in [0.25, 0.3) is 10.9 Å². The molecule has 7 heteroatoms. The summed E-state index contributed by atoms with van der Waals surface area (Å²) < 4.78 is 1.55. The zero-order valence-corrected chi connectivity index (χ0v) is 18.0. The van der Waals surface area contributed by atoms with Crippen LogP contribution >= 0.6 is 0 Å². The lowest BCUT2D eigenvalue weighted by Gasteiger charge is -2.27. The van der Waals surface area contributed by atoms with E-state index in [0.717, 1.165) is 25.2 Å². The van der Waals surface area contributed by atoms with E-state index in [4.69, 9.17) is 5.73 Å². The molecule has 2 heterocycles. The van der Waals surface area contributed by atoms with E-state index in [1.165, 1.54) is 19.3 Å². The molecule has 1 aromatic carbocycles. The van der Waals surface area contributed by atoms with Crippen molar-refractivity contribution in [2.24, 2.45) is 23.5 Å². The van der Waals surface area contributed by atoms with Gasteiger partial charge in [0.25, 0.3) is 5.91 Å². The number of carbonyl (C=O) groups excluding carboxylic acids is 3. The molecule has 2 aliphatic carbocycles.